The van der Waals surface area contributed by atoms with Crippen LogP contribution >= 0.6 is 11.6 Å². The molecule has 0 radical (unpaired) electrons. The molecule has 46 heavy (non-hydrogen) atoms. The number of para-hydroxylation sites is 1. The minimum Gasteiger partial charge on any atom is -0.489 e. The summed E-state index contributed by atoms with van der Waals surface area (Å²) in [5.74, 6) is -1.28. The van der Waals surface area contributed by atoms with Gasteiger partial charge in [0.25, 0.3) is 11.8 Å². The Morgan fingerprint density at radius 2 is 1.70 bits per heavy atom. The average molecular weight is 671 g/mol. The number of sulfone groups is 1. The fourth-order valence-corrected chi connectivity index (χ4v) is 6.77. The van der Waals surface area contributed by atoms with E-state index in [1.807, 2.05) is 13.8 Å². The van der Waals surface area contributed by atoms with Gasteiger partial charge in [-0.15, -0.1) is 0 Å². The SMILES string of the molecule is CC(C)Oc1cc2c(cc1Nc1ncc(Cl)c(Nc3ccccc3S(=O)(=O)C(C)C)n1)C(=O)N(C1CCN(CC(=O)O)CC1)C2=O. The van der Waals surface area contributed by atoms with Crippen LogP contribution in [0.1, 0.15) is 61.3 Å². The number of imide groups is 1. The summed E-state index contributed by atoms with van der Waals surface area (Å²) < 4.78 is 32.0. The molecule has 15 heteroatoms. The van der Waals surface area contributed by atoms with E-state index in [1.54, 1.807) is 36.9 Å². The number of aliphatic carboxylic acids is 1. The Morgan fingerprint density at radius 3 is 2.33 bits per heavy atom. The number of amides is 2. The Kier molecular flexibility index (Phi) is 9.52. The second-order valence-corrected chi connectivity index (χ2v) is 14.6. The molecule has 2 amide bonds. The maximum atomic E-state index is 13.6. The number of carbonyl (C=O) groups excluding carboxylic acids is 2. The first kappa shape index (κ1) is 33.1. The van der Waals surface area contributed by atoms with Gasteiger partial charge in [-0.05, 0) is 64.8 Å². The largest absolute Gasteiger partial charge is 0.489 e. The minimum absolute atomic E-state index is 0.0732. The molecule has 13 nitrogen and oxygen atoms in total. The second kappa shape index (κ2) is 13.2. The molecule has 2 aliphatic heterocycles. The number of anilines is 4. The molecule has 2 aromatic carbocycles. The lowest BCUT2D eigenvalue weighted by Gasteiger charge is -2.34. The number of fused-ring (bicyclic) bond motifs is 1. The van der Waals surface area contributed by atoms with Gasteiger partial charge in [0, 0.05) is 19.1 Å². The van der Waals surface area contributed by atoms with E-state index in [0.29, 0.717) is 43.1 Å². The van der Waals surface area contributed by atoms with Gasteiger partial charge in [0.05, 0.1) is 51.5 Å². The van der Waals surface area contributed by atoms with Crippen LogP contribution in [0.3, 0.4) is 0 Å². The molecule has 1 aromatic heterocycles. The number of carboxylic acids is 1. The Hall–Kier alpha value is -4.27. The van der Waals surface area contributed by atoms with Gasteiger partial charge in [0.15, 0.2) is 15.7 Å². The first-order valence-electron chi connectivity index (χ1n) is 14.8. The predicted molar refractivity (Wildman–Crippen MR) is 172 cm³/mol. The first-order chi connectivity index (χ1) is 21.8. The van der Waals surface area contributed by atoms with Crippen LogP contribution in [0.2, 0.25) is 5.02 Å². The monoisotopic (exact) mass is 670 g/mol. The standard InChI is InChI=1S/C31H35ClN6O7S/c1-17(2)45-25-14-21-20(29(41)38(30(21)42)19-9-11-37(12-10-19)16-27(39)40)13-24(25)35-31-33-15-22(32)28(36-31)34-23-7-5-6-8-26(23)46(43,44)18(3)4/h5-8,13-15,17-19H,9-12,16H2,1-4H3,(H,39,40)(H2,33,34,35,36). The number of benzene rings is 2. The molecule has 0 bridgehead atoms. The van der Waals surface area contributed by atoms with Crippen molar-refractivity contribution in [2.75, 3.05) is 30.3 Å². The number of hydrogen-bond donors (Lipinski definition) is 3. The lowest BCUT2D eigenvalue weighted by Crippen LogP contribution is -2.48. The maximum Gasteiger partial charge on any atom is 0.317 e. The normalized spacial score (nSPS) is 15.8. The van der Waals surface area contributed by atoms with Crippen LogP contribution < -0.4 is 15.4 Å². The Morgan fingerprint density at radius 1 is 1.04 bits per heavy atom. The Labute approximate surface area is 271 Å². The van der Waals surface area contributed by atoms with Crippen LogP contribution in [0.15, 0.2) is 47.5 Å². The summed E-state index contributed by atoms with van der Waals surface area (Å²) in [7, 11) is -3.62. The highest BCUT2D eigenvalue weighted by atomic mass is 35.5. The average Bonchev–Trinajstić information content (AvgIpc) is 3.23. The molecule has 0 saturated carbocycles. The molecular weight excluding hydrogens is 636 g/mol. The van der Waals surface area contributed by atoms with Gasteiger partial charge >= 0.3 is 5.97 Å². The lowest BCUT2D eigenvalue weighted by molar-refractivity contribution is -0.138. The van der Waals surface area contributed by atoms with E-state index in [4.69, 9.17) is 21.4 Å². The zero-order valence-electron chi connectivity index (χ0n) is 25.8. The second-order valence-electron chi connectivity index (χ2n) is 11.7. The van der Waals surface area contributed by atoms with Crippen molar-refractivity contribution in [2.45, 2.75) is 62.8 Å². The number of likely N-dealkylation sites (tertiary alicyclic amines) is 1. The molecule has 1 fully saturated rings. The molecule has 5 rings (SSSR count). The van der Waals surface area contributed by atoms with E-state index < -0.39 is 32.9 Å². The molecule has 3 N–H and O–H groups in total. The number of piperidine rings is 1. The van der Waals surface area contributed by atoms with Crippen LogP contribution in [-0.2, 0) is 14.6 Å². The highest BCUT2D eigenvalue weighted by Crippen LogP contribution is 2.38. The third-order valence-electron chi connectivity index (χ3n) is 7.72. The van der Waals surface area contributed by atoms with E-state index in [1.165, 1.54) is 29.3 Å². The summed E-state index contributed by atoms with van der Waals surface area (Å²) in [6.45, 7) is 7.67. The zero-order chi connectivity index (χ0) is 33.3. The quantitative estimate of drug-likeness (QED) is 0.240. The number of aromatic nitrogens is 2. The third-order valence-corrected chi connectivity index (χ3v) is 10.2. The molecule has 0 unspecified atom stereocenters. The van der Waals surface area contributed by atoms with Crippen LogP contribution in [0.4, 0.5) is 23.1 Å². The molecule has 2 aliphatic rings. The van der Waals surface area contributed by atoms with Crippen molar-refractivity contribution >= 4 is 62.4 Å². The lowest BCUT2D eigenvalue weighted by atomic mass is 10.0. The summed E-state index contributed by atoms with van der Waals surface area (Å²) >= 11 is 6.40. The van der Waals surface area contributed by atoms with Crippen molar-refractivity contribution in [1.29, 1.82) is 0 Å². The van der Waals surface area contributed by atoms with Gasteiger partial charge in [-0.1, -0.05) is 23.7 Å². The van der Waals surface area contributed by atoms with Crippen molar-refractivity contribution in [2.24, 2.45) is 0 Å². The fourth-order valence-electron chi connectivity index (χ4n) is 5.43. The topological polar surface area (TPSA) is 171 Å². The van der Waals surface area contributed by atoms with E-state index in [2.05, 4.69) is 20.6 Å². The summed E-state index contributed by atoms with van der Waals surface area (Å²) in [5.41, 5.74) is 1.03. The maximum absolute atomic E-state index is 13.6. The molecule has 1 saturated heterocycles. The molecule has 3 heterocycles. The zero-order valence-corrected chi connectivity index (χ0v) is 27.4. The third kappa shape index (κ3) is 6.78. The highest BCUT2D eigenvalue weighted by Gasteiger charge is 2.42. The van der Waals surface area contributed by atoms with Crippen LogP contribution in [0.25, 0.3) is 0 Å². The van der Waals surface area contributed by atoms with Gasteiger partial charge < -0.3 is 20.5 Å². The van der Waals surface area contributed by atoms with E-state index in [9.17, 15) is 22.8 Å². The fraction of sp³-hybridized carbons (Fsp3) is 0.387. The summed E-state index contributed by atoms with van der Waals surface area (Å²) in [6, 6.07) is 9.14. The smallest absolute Gasteiger partial charge is 0.317 e. The van der Waals surface area contributed by atoms with Crippen LogP contribution in [0.5, 0.6) is 5.75 Å². The van der Waals surface area contributed by atoms with Crippen molar-refractivity contribution in [3.05, 3.63) is 58.7 Å². The van der Waals surface area contributed by atoms with E-state index in [-0.39, 0.29) is 51.5 Å². The number of hydrogen-bond acceptors (Lipinski definition) is 11. The summed E-state index contributed by atoms with van der Waals surface area (Å²) in [5, 5.41) is 14.7. The van der Waals surface area contributed by atoms with Gasteiger partial charge in [-0.3, -0.25) is 24.2 Å². The first-order valence-corrected chi connectivity index (χ1v) is 16.7. The number of carboxylic acid groups (broad SMARTS) is 1. The van der Waals surface area contributed by atoms with Crippen LogP contribution in [0, 0.1) is 0 Å². The molecular formula is C31H35ClN6O7S. The number of carbonyl (C=O) groups is 3. The van der Waals surface area contributed by atoms with Crippen molar-refractivity contribution in [1.82, 2.24) is 19.8 Å². The van der Waals surface area contributed by atoms with Crippen LogP contribution in [-0.4, -0.2) is 88.1 Å². The van der Waals surface area contributed by atoms with Gasteiger partial charge in [-0.2, -0.15) is 4.98 Å². The number of ether oxygens (including phenoxy) is 1. The molecule has 3 aromatic rings. The van der Waals surface area contributed by atoms with E-state index >= 15 is 0 Å². The van der Waals surface area contributed by atoms with E-state index in [0.717, 1.165) is 0 Å². The molecule has 0 atom stereocenters. The molecule has 0 spiro atoms. The minimum atomic E-state index is -3.62. The Balaban J connectivity index is 1.43. The molecule has 244 valence electrons. The van der Waals surface area contributed by atoms with Gasteiger partial charge in [0.1, 0.15) is 10.8 Å². The van der Waals surface area contributed by atoms with Gasteiger partial charge in [0.2, 0.25) is 5.95 Å². The number of nitrogens with zero attached hydrogens (tertiary/aromatic N) is 4. The van der Waals surface area contributed by atoms with Crippen molar-refractivity contribution in [3.63, 3.8) is 0 Å². The predicted octanol–water partition coefficient (Wildman–Crippen LogP) is 4.73. The molecule has 0 aliphatic carbocycles. The van der Waals surface area contributed by atoms with Gasteiger partial charge in [-0.25, -0.2) is 13.4 Å². The Bertz CT molecular complexity index is 1790. The summed E-state index contributed by atoms with van der Waals surface area (Å²) in [4.78, 5) is 50.1. The number of nitrogens with one attached hydrogen (secondary N) is 2. The number of halogens is 1. The number of rotatable bonds is 11. The summed E-state index contributed by atoms with van der Waals surface area (Å²) in [6.07, 6.45) is 2.01. The van der Waals surface area contributed by atoms with Crippen molar-refractivity contribution < 1.29 is 32.6 Å². The highest BCUT2D eigenvalue weighted by molar-refractivity contribution is 7.92. The van der Waals surface area contributed by atoms with Crippen molar-refractivity contribution in [3.8, 4) is 5.75 Å².